The van der Waals surface area contributed by atoms with Crippen LogP contribution in [-0.2, 0) is 19.6 Å². The first kappa shape index (κ1) is 21.8. The molecule has 154 valence electrons. The molecule has 1 aromatic rings. The first-order valence-corrected chi connectivity index (χ1v) is 10.7. The summed E-state index contributed by atoms with van der Waals surface area (Å²) in [6.07, 6.45) is 1.93. The standard InChI is InChI=1S/C18H26N4O5S/c1-3-22(4-2)28(26,27)15-9-5-13(6-10-15)18(25)20-11-16(23)19-12-17(24)21-14-7-8-14/h5-6,9-10,14H,3-4,7-8,11-12H2,1-2H3,(H,19,23)(H,20,25)(H,21,24). The predicted molar refractivity (Wildman–Crippen MR) is 103 cm³/mol. The Labute approximate surface area is 164 Å². The van der Waals surface area contributed by atoms with E-state index in [4.69, 9.17) is 0 Å². The van der Waals surface area contributed by atoms with E-state index in [1.807, 2.05) is 0 Å². The maximum absolute atomic E-state index is 12.4. The van der Waals surface area contributed by atoms with Crippen LogP contribution in [0.15, 0.2) is 29.2 Å². The zero-order valence-electron chi connectivity index (χ0n) is 16.0. The second kappa shape index (κ2) is 9.65. The summed E-state index contributed by atoms with van der Waals surface area (Å²) in [4.78, 5) is 35.4. The highest BCUT2D eigenvalue weighted by Crippen LogP contribution is 2.18. The third-order valence-corrected chi connectivity index (χ3v) is 6.32. The molecule has 1 aliphatic carbocycles. The molecule has 0 saturated heterocycles. The minimum atomic E-state index is -3.59. The second-order valence-corrected chi connectivity index (χ2v) is 8.35. The fourth-order valence-corrected chi connectivity index (χ4v) is 3.96. The van der Waals surface area contributed by atoms with Gasteiger partial charge in [0.05, 0.1) is 18.0 Å². The Bertz CT molecular complexity index is 815. The van der Waals surface area contributed by atoms with Crippen molar-refractivity contribution < 1.29 is 22.8 Å². The first-order chi connectivity index (χ1) is 13.3. The molecule has 3 N–H and O–H groups in total. The molecule has 1 aliphatic rings. The van der Waals surface area contributed by atoms with Gasteiger partial charge >= 0.3 is 0 Å². The highest BCUT2D eigenvalue weighted by Gasteiger charge is 2.23. The van der Waals surface area contributed by atoms with Gasteiger partial charge in [-0.25, -0.2) is 8.42 Å². The zero-order chi connectivity index (χ0) is 20.7. The molecule has 0 aromatic heterocycles. The normalized spacial score (nSPS) is 13.8. The lowest BCUT2D eigenvalue weighted by molar-refractivity contribution is -0.125. The molecule has 0 heterocycles. The molecule has 2 rings (SSSR count). The molecule has 1 aromatic carbocycles. The van der Waals surface area contributed by atoms with Gasteiger partial charge < -0.3 is 16.0 Å². The molecule has 1 fully saturated rings. The summed E-state index contributed by atoms with van der Waals surface area (Å²) in [6.45, 7) is 3.80. The summed E-state index contributed by atoms with van der Waals surface area (Å²) >= 11 is 0. The molecule has 10 heteroatoms. The minimum absolute atomic E-state index is 0.104. The Balaban J connectivity index is 1.83. The summed E-state index contributed by atoms with van der Waals surface area (Å²) in [7, 11) is -3.59. The van der Waals surface area contributed by atoms with Crippen molar-refractivity contribution in [2.75, 3.05) is 26.2 Å². The molecule has 0 radical (unpaired) electrons. The highest BCUT2D eigenvalue weighted by atomic mass is 32.2. The number of nitrogens with zero attached hydrogens (tertiary/aromatic N) is 1. The summed E-state index contributed by atoms with van der Waals surface area (Å²) in [5, 5.41) is 7.60. The average molecular weight is 410 g/mol. The summed E-state index contributed by atoms with van der Waals surface area (Å²) < 4.78 is 26.2. The van der Waals surface area contributed by atoms with Crippen molar-refractivity contribution in [2.45, 2.75) is 37.6 Å². The van der Waals surface area contributed by atoms with Crippen molar-refractivity contribution in [2.24, 2.45) is 0 Å². The van der Waals surface area contributed by atoms with Crippen molar-refractivity contribution in [3.63, 3.8) is 0 Å². The Morgan fingerprint density at radius 1 is 0.964 bits per heavy atom. The quantitative estimate of drug-likeness (QED) is 0.494. The zero-order valence-corrected chi connectivity index (χ0v) is 16.8. The lowest BCUT2D eigenvalue weighted by Crippen LogP contribution is -2.42. The van der Waals surface area contributed by atoms with Crippen molar-refractivity contribution >= 4 is 27.7 Å². The van der Waals surface area contributed by atoms with Crippen LogP contribution in [0.3, 0.4) is 0 Å². The lowest BCUT2D eigenvalue weighted by Gasteiger charge is -2.18. The van der Waals surface area contributed by atoms with Crippen LogP contribution in [0.4, 0.5) is 0 Å². The van der Waals surface area contributed by atoms with Gasteiger partial charge in [-0.3, -0.25) is 14.4 Å². The van der Waals surface area contributed by atoms with E-state index < -0.39 is 21.8 Å². The third kappa shape index (κ3) is 6.03. The third-order valence-electron chi connectivity index (χ3n) is 4.26. The van der Waals surface area contributed by atoms with Crippen LogP contribution < -0.4 is 16.0 Å². The van der Waals surface area contributed by atoms with Crippen LogP contribution in [-0.4, -0.2) is 62.7 Å². The summed E-state index contributed by atoms with van der Waals surface area (Å²) in [5.74, 6) is -1.25. The second-order valence-electron chi connectivity index (χ2n) is 6.41. The number of hydrogen-bond acceptors (Lipinski definition) is 5. The molecule has 0 unspecified atom stereocenters. The van der Waals surface area contributed by atoms with Crippen molar-refractivity contribution in [3.8, 4) is 0 Å². The monoisotopic (exact) mass is 410 g/mol. The van der Waals surface area contributed by atoms with Crippen molar-refractivity contribution in [3.05, 3.63) is 29.8 Å². The van der Waals surface area contributed by atoms with E-state index in [-0.39, 0.29) is 35.5 Å². The van der Waals surface area contributed by atoms with Gasteiger partial charge in [0.15, 0.2) is 0 Å². The minimum Gasteiger partial charge on any atom is -0.352 e. The molecule has 1 saturated carbocycles. The molecule has 28 heavy (non-hydrogen) atoms. The summed E-state index contributed by atoms with van der Waals surface area (Å²) in [6, 6.07) is 5.74. The van der Waals surface area contributed by atoms with E-state index in [2.05, 4.69) is 16.0 Å². The van der Waals surface area contributed by atoms with Gasteiger partial charge in [0.25, 0.3) is 5.91 Å². The molecule has 9 nitrogen and oxygen atoms in total. The number of carbonyl (C=O) groups is 3. The van der Waals surface area contributed by atoms with Crippen LogP contribution in [0, 0.1) is 0 Å². The van der Waals surface area contributed by atoms with E-state index in [9.17, 15) is 22.8 Å². The average Bonchev–Trinajstić information content (AvgIpc) is 3.49. The smallest absolute Gasteiger partial charge is 0.251 e. The topological polar surface area (TPSA) is 125 Å². The van der Waals surface area contributed by atoms with Crippen LogP contribution in [0.1, 0.15) is 37.0 Å². The van der Waals surface area contributed by atoms with Gasteiger partial charge in [-0.05, 0) is 37.1 Å². The van der Waals surface area contributed by atoms with E-state index in [0.717, 1.165) is 12.8 Å². The van der Waals surface area contributed by atoms with E-state index >= 15 is 0 Å². The molecule has 0 bridgehead atoms. The number of benzene rings is 1. The first-order valence-electron chi connectivity index (χ1n) is 9.22. The fourth-order valence-electron chi connectivity index (χ4n) is 2.50. The number of rotatable bonds is 10. The van der Waals surface area contributed by atoms with Gasteiger partial charge in [0.2, 0.25) is 21.8 Å². The molecule has 0 aliphatic heterocycles. The Morgan fingerprint density at radius 2 is 1.54 bits per heavy atom. The maximum atomic E-state index is 12.4. The van der Waals surface area contributed by atoms with E-state index in [1.165, 1.54) is 28.6 Å². The molecule has 0 atom stereocenters. The number of nitrogens with one attached hydrogen (secondary N) is 3. The van der Waals surface area contributed by atoms with E-state index in [0.29, 0.717) is 13.1 Å². The lowest BCUT2D eigenvalue weighted by atomic mass is 10.2. The van der Waals surface area contributed by atoms with E-state index in [1.54, 1.807) is 13.8 Å². The van der Waals surface area contributed by atoms with Gasteiger partial charge in [0, 0.05) is 24.7 Å². The fraction of sp³-hybridized carbons (Fsp3) is 0.500. The van der Waals surface area contributed by atoms with Gasteiger partial charge in [-0.1, -0.05) is 13.8 Å². The number of sulfonamides is 1. The Hall–Kier alpha value is -2.46. The Kier molecular flexibility index (Phi) is 7.53. The number of hydrogen-bond donors (Lipinski definition) is 3. The van der Waals surface area contributed by atoms with Crippen LogP contribution in [0.5, 0.6) is 0 Å². The number of amides is 3. The highest BCUT2D eigenvalue weighted by molar-refractivity contribution is 7.89. The molecule has 3 amide bonds. The Morgan fingerprint density at radius 3 is 2.07 bits per heavy atom. The maximum Gasteiger partial charge on any atom is 0.251 e. The predicted octanol–water partition coefficient (Wildman–Crippen LogP) is -0.158. The molecule has 0 spiro atoms. The molecular weight excluding hydrogens is 384 g/mol. The number of carbonyl (C=O) groups excluding carboxylic acids is 3. The SMILES string of the molecule is CCN(CC)S(=O)(=O)c1ccc(C(=O)NCC(=O)NCC(=O)NC2CC2)cc1. The van der Waals surface area contributed by atoms with Crippen LogP contribution >= 0.6 is 0 Å². The van der Waals surface area contributed by atoms with Gasteiger partial charge in [0.1, 0.15) is 0 Å². The molecular formula is C18H26N4O5S. The van der Waals surface area contributed by atoms with Crippen molar-refractivity contribution in [1.29, 1.82) is 0 Å². The van der Waals surface area contributed by atoms with Crippen molar-refractivity contribution in [1.82, 2.24) is 20.3 Å². The largest absolute Gasteiger partial charge is 0.352 e. The van der Waals surface area contributed by atoms with Crippen LogP contribution in [0.2, 0.25) is 0 Å². The van der Waals surface area contributed by atoms with Gasteiger partial charge in [-0.2, -0.15) is 4.31 Å². The van der Waals surface area contributed by atoms with Gasteiger partial charge in [-0.15, -0.1) is 0 Å². The van der Waals surface area contributed by atoms with Crippen LogP contribution in [0.25, 0.3) is 0 Å². The summed E-state index contributed by atoms with van der Waals surface area (Å²) in [5.41, 5.74) is 0.234.